The molecule has 2 aliphatic heterocycles. The largest absolute Gasteiger partial charge is 0.356 e. The lowest BCUT2D eigenvalue weighted by atomic mass is 9.99. The van der Waals surface area contributed by atoms with Crippen molar-refractivity contribution in [3.05, 3.63) is 23.9 Å². The van der Waals surface area contributed by atoms with Crippen LogP contribution >= 0.6 is 0 Å². The minimum atomic E-state index is 0.806. The van der Waals surface area contributed by atoms with E-state index in [-0.39, 0.29) is 0 Å². The van der Waals surface area contributed by atoms with E-state index in [0.29, 0.717) is 0 Å². The van der Waals surface area contributed by atoms with Gasteiger partial charge in [-0.25, -0.2) is 4.98 Å². The maximum absolute atomic E-state index is 4.61. The molecule has 0 radical (unpaired) electrons. The Balaban J connectivity index is 1.77. The Morgan fingerprint density at radius 2 is 2.24 bits per heavy atom. The molecular weight excluding hydrogens is 210 g/mol. The molecule has 1 atom stereocenters. The van der Waals surface area contributed by atoms with Gasteiger partial charge in [0, 0.05) is 19.3 Å². The van der Waals surface area contributed by atoms with Gasteiger partial charge in [-0.3, -0.25) is 0 Å². The van der Waals surface area contributed by atoms with Crippen LogP contribution in [0.25, 0.3) is 0 Å². The molecule has 0 bridgehead atoms. The van der Waals surface area contributed by atoms with Gasteiger partial charge in [-0.2, -0.15) is 0 Å². The molecule has 3 heterocycles. The lowest BCUT2D eigenvalue weighted by Crippen LogP contribution is -2.21. The Morgan fingerprint density at radius 3 is 3.00 bits per heavy atom. The molecule has 2 saturated heterocycles. The zero-order chi connectivity index (χ0) is 11.5. The minimum absolute atomic E-state index is 0.806. The first-order valence-electron chi connectivity index (χ1n) is 6.83. The van der Waals surface area contributed by atoms with Gasteiger partial charge in [-0.1, -0.05) is 6.07 Å². The summed E-state index contributed by atoms with van der Waals surface area (Å²) in [4.78, 5) is 7.06. The lowest BCUT2D eigenvalue weighted by molar-refractivity contribution is 0.578. The van der Waals surface area contributed by atoms with Crippen LogP contribution in [0.15, 0.2) is 18.3 Å². The fourth-order valence-electron chi connectivity index (χ4n) is 3.00. The Labute approximate surface area is 103 Å². The summed E-state index contributed by atoms with van der Waals surface area (Å²) in [6, 6.07) is 4.34. The van der Waals surface area contributed by atoms with E-state index in [4.69, 9.17) is 0 Å². The zero-order valence-electron chi connectivity index (χ0n) is 10.4. The monoisotopic (exact) mass is 231 g/mol. The number of rotatable bonds is 3. The Morgan fingerprint density at radius 1 is 1.35 bits per heavy atom. The number of anilines is 1. The molecule has 0 spiro atoms. The van der Waals surface area contributed by atoms with Gasteiger partial charge in [-0.15, -0.1) is 0 Å². The molecule has 1 unspecified atom stereocenters. The van der Waals surface area contributed by atoms with E-state index in [9.17, 15) is 0 Å². The van der Waals surface area contributed by atoms with Crippen LogP contribution in [0.4, 0.5) is 5.82 Å². The Kier molecular flexibility index (Phi) is 3.27. The van der Waals surface area contributed by atoms with Crippen LogP contribution in [0, 0.1) is 5.92 Å². The van der Waals surface area contributed by atoms with Crippen LogP contribution in [-0.4, -0.2) is 31.2 Å². The van der Waals surface area contributed by atoms with Gasteiger partial charge < -0.3 is 10.2 Å². The molecule has 3 heteroatoms. The summed E-state index contributed by atoms with van der Waals surface area (Å²) in [5, 5.41) is 3.45. The summed E-state index contributed by atoms with van der Waals surface area (Å²) in [5.41, 5.74) is 1.45. The summed E-state index contributed by atoms with van der Waals surface area (Å²) >= 11 is 0. The molecule has 1 aromatic rings. The third-order valence-electron chi connectivity index (χ3n) is 3.94. The lowest BCUT2D eigenvalue weighted by Gasteiger charge is -2.21. The smallest absolute Gasteiger partial charge is 0.131 e. The van der Waals surface area contributed by atoms with Crippen molar-refractivity contribution in [3.63, 3.8) is 0 Å². The van der Waals surface area contributed by atoms with Gasteiger partial charge in [0.25, 0.3) is 0 Å². The van der Waals surface area contributed by atoms with Crippen LogP contribution in [0.1, 0.15) is 24.8 Å². The van der Waals surface area contributed by atoms with Crippen molar-refractivity contribution in [2.24, 2.45) is 5.92 Å². The van der Waals surface area contributed by atoms with Crippen LogP contribution < -0.4 is 10.2 Å². The fraction of sp³-hybridized carbons (Fsp3) is 0.643. The molecule has 3 rings (SSSR count). The van der Waals surface area contributed by atoms with E-state index >= 15 is 0 Å². The molecule has 0 aliphatic carbocycles. The second kappa shape index (κ2) is 5.05. The van der Waals surface area contributed by atoms with Gasteiger partial charge in [0.1, 0.15) is 5.82 Å². The number of hydrogen-bond acceptors (Lipinski definition) is 3. The quantitative estimate of drug-likeness (QED) is 0.860. The molecule has 0 aromatic carbocycles. The van der Waals surface area contributed by atoms with Crippen molar-refractivity contribution in [2.75, 3.05) is 31.1 Å². The van der Waals surface area contributed by atoms with Crippen molar-refractivity contribution in [1.29, 1.82) is 0 Å². The molecular formula is C14H21N3. The second-order valence-electron chi connectivity index (χ2n) is 5.24. The molecule has 1 N–H and O–H groups in total. The second-order valence-corrected chi connectivity index (χ2v) is 5.24. The maximum atomic E-state index is 4.61. The van der Waals surface area contributed by atoms with E-state index < -0.39 is 0 Å². The first-order chi connectivity index (χ1) is 8.43. The molecule has 0 amide bonds. The minimum Gasteiger partial charge on any atom is -0.356 e. The van der Waals surface area contributed by atoms with E-state index in [0.717, 1.165) is 5.92 Å². The van der Waals surface area contributed by atoms with Crippen LogP contribution in [0.2, 0.25) is 0 Å². The van der Waals surface area contributed by atoms with Gasteiger partial charge in [-0.05, 0) is 56.3 Å². The van der Waals surface area contributed by atoms with E-state index in [2.05, 4.69) is 27.3 Å². The highest BCUT2D eigenvalue weighted by atomic mass is 15.2. The molecule has 3 nitrogen and oxygen atoms in total. The zero-order valence-corrected chi connectivity index (χ0v) is 10.4. The maximum Gasteiger partial charge on any atom is 0.131 e. The number of aromatic nitrogens is 1. The molecule has 2 fully saturated rings. The highest BCUT2D eigenvalue weighted by Gasteiger charge is 2.20. The molecule has 17 heavy (non-hydrogen) atoms. The van der Waals surface area contributed by atoms with E-state index in [1.54, 1.807) is 0 Å². The molecule has 1 aromatic heterocycles. The standard InChI is InChI=1S/C14H21N3/c1-2-9-17(8-1)14-13(4-3-6-16-14)10-12-5-7-15-11-12/h3-4,6,12,15H,1-2,5,7-11H2. The SMILES string of the molecule is c1cnc(N2CCCC2)c(CC2CCNC2)c1. The third-order valence-corrected chi connectivity index (χ3v) is 3.94. The predicted molar refractivity (Wildman–Crippen MR) is 70.4 cm³/mol. The van der Waals surface area contributed by atoms with Crippen LogP contribution in [0.3, 0.4) is 0 Å². The molecule has 0 saturated carbocycles. The van der Waals surface area contributed by atoms with Crippen molar-refractivity contribution in [3.8, 4) is 0 Å². The van der Waals surface area contributed by atoms with Crippen LogP contribution in [-0.2, 0) is 6.42 Å². The number of nitrogens with one attached hydrogen (secondary N) is 1. The summed E-state index contributed by atoms with van der Waals surface area (Å²) < 4.78 is 0. The first kappa shape index (κ1) is 11.0. The Bertz CT molecular complexity index is 365. The molecule has 2 aliphatic rings. The van der Waals surface area contributed by atoms with Gasteiger partial charge in [0.15, 0.2) is 0 Å². The third kappa shape index (κ3) is 2.44. The van der Waals surface area contributed by atoms with Crippen molar-refractivity contribution in [2.45, 2.75) is 25.7 Å². The summed E-state index contributed by atoms with van der Waals surface area (Å²) in [6.07, 6.45) is 7.08. The summed E-state index contributed by atoms with van der Waals surface area (Å²) in [5.74, 6) is 2.05. The van der Waals surface area contributed by atoms with Crippen molar-refractivity contribution in [1.82, 2.24) is 10.3 Å². The highest BCUT2D eigenvalue weighted by Crippen LogP contribution is 2.25. The van der Waals surface area contributed by atoms with Gasteiger partial charge in [0.05, 0.1) is 0 Å². The summed E-state index contributed by atoms with van der Waals surface area (Å²) in [7, 11) is 0. The normalized spacial score (nSPS) is 24.5. The van der Waals surface area contributed by atoms with Gasteiger partial charge >= 0.3 is 0 Å². The van der Waals surface area contributed by atoms with E-state index in [1.807, 2.05) is 6.20 Å². The topological polar surface area (TPSA) is 28.2 Å². The average molecular weight is 231 g/mol. The molecule has 92 valence electrons. The van der Waals surface area contributed by atoms with Crippen LogP contribution in [0.5, 0.6) is 0 Å². The predicted octanol–water partition coefficient (Wildman–Crippen LogP) is 1.83. The highest BCUT2D eigenvalue weighted by molar-refractivity contribution is 5.47. The van der Waals surface area contributed by atoms with E-state index in [1.165, 1.54) is 63.2 Å². The average Bonchev–Trinajstić information content (AvgIpc) is 3.01. The number of nitrogens with zero attached hydrogens (tertiary/aromatic N) is 2. The van der Waals surface area contributed by atoms with Gasteiger partial charge in [0.2, 0.25) is 0 Å². The Hall–Kier alpha value is -1.09. The number of pyridine rings is 1. The van der Waals surface area contributed by atoms with Crippen molar-refractivity contribution >= 4 is 5.82 Å². The number of hydrogen-bond donors (Lipinski definition) is 1. The summed E-state index contributed by atoms with van der Waals surface area (Å²) in [6.45, 7) is 4.73. The first-order valence-corrected chi connectivity index (χ1v) is 6.83. The fourth-order valence-corrected chi connectivity index (χ4v) is 3.00. The van der Waals surface area contributed by atoms with Crippen molar-refractivity contribution < 1.29 is 0 Å².